The minimum absolute atomic E-state index is 0.324. The maximum absolute atomic E-state index is 11.0. The summed E-state index contributed by atoms with van der Waals surface area (Å²) in [5.74, 6) is -0.890. The van der Waals surface area contributed by atoms with Crippen molar-refractivity contribution in [3.05, 3.63) is 58.7 Å². The lowest BCUT2D eigenvalue weighted by Crippen LogP contribution is -1.96. The lowest BCUT2D eigenvalue weighted by Gasteiger charge is -2.10. The van der Waals surface area contributed by atoms with Crippen molar-refractivity contribution in [1.82, 2.24) is 0 Å². The number of hydrogen-bond donors (Lipinski definition) is 1. The molecule has 2 aromatic rings. The summed E-state index contributed by atoms with van der Waals surface area (Å²) in [6, 6.07) is 11.3. The highest BCUT2D eigenvalue weighted by molar-refractivity contribution is 5.89. The molecule has 0 heterocycles. The molecule has 0 saturated carbocycles. The van der Waals surface area contributed by atoms with Gasteiger partial charge in [0.05, 0.1) is 5.56 Å². The number of aromatic carboxylic acids is 1. The van der Waals surface area contributed by atoms with Crippen molar-refractivity contribution in [3.8, 4) is 11.1 Å². The van der Waals surface area contributed by atoms with Crippen molar-refractivity contribution >= 4 is 5.97 Å². The van der Waals surface area contributed by atoms with E-state index in [1.165, 1.54) is 16.7 Å². The summed E-state index contributed by atoms with van der Waals surface area (Å²) in [5, 5.41) is 9.02. The zero-order chi connectivity index (χ0) is 13.3. The molecule has 2 rings (SSSR count). The van der Waals surface area contributed by atoms with E-state index in [-0.39, 0.29) is 0 Å². The van der Waals surface area contributed by atoms with Crippen LogP contribution in [0, 0.1) is 20.8 Å². The molecule has 2 heteroatoms. The van der Waals surface area contributed by atoms with Crippen molar-refractivity contribution in [3.63, 3.8) is 0 Å². The maximum Gasteiger partial charge on any atom is 0.335 e. The zero-order valence-electron chi connectivity index (χ0n) is 10.8. The third kappa shape index (κ3) is 2.28. The summed E-state index contributed by atoms with van der Waals surface area (Å²) in [5.41, 5.74) is 6.02. The third-order valence-electron chi connectivity index (χ3n) is 3.26. The number of hydrogen-bond acceptors (Lipinski definition) is 1. The Morgan fingerprint density at radius 2 is 1.61 bits per heavy atom. The predicted molar refractivity (Wildman–Crippen MR) is 73.0 cm³/mol. The van der Waals surface area contributed by atoms with Crippen LogP contribution in [0.1, 0.15) is 27.0 Å². The number of rotatable bonds is 2. The van der Waals surface area contributed by atoms with Crippen molar-refractivity contribution in [2.45, 2.75) is 20.8 Å². The predicted octanol–water partition coefficient (Wildman–Crippen LogP) is 3.98. The Balaban J connectivity index is 2.58. The first kappa shape index (κ1) is 12.4. The molecule has 0 spiro atoms. The van der Waals surface area contributed by atoms with Crippen LogP contribution in [0.3, 0.4) is 0 Å². The molecule has 0 unspecified atom stereocenters. The van der Waals surface area contributed by atoms with E-state index in [1.54, 1.807) is 18.2 Å². The number of carboxylic acids is 1. The first-order valence-electron chi connectivity index (χ1n) is 5.90. The van der Waals surface area contributed by atoms with Gasteiger partial charge in [-0.05, 0) is 60.7 Å². The summed E-state index contributed by atoms with van der Waals surface area (Å²) in [7, 11) is 0. The third-order valence-corrected chi connectivity index (χ3v) is 3.26. The molecule has 2 nitrogen and oxygen atoms in total. The van der Waals surface area contributed by atoms with Gasteiger partial charge in [0.15, 0.2) is 0 Å². The van der Waals surface area contributed by atoms with Crippen LogP contribution in [0.25, 0.3) is 11.1 Å². The van der Waals surface area contributed by atoms with E-state index in [0.717, 1.165) is 11.1 Å². The zero-order valence-corrected chi connectivity index (χ0v) is 10.8. The molecule has 0 aliphatic carbocycles. The maximum atomic E-state index is 11.0. The van der Waals surface area contributed by atoms with E-state index in [9.17, 15) is 4.79 Å². The fraction of sp³-hybridized carbons (Fsp3) is 0.188. The molecule has 0 fully saturated rings. The fourth-order valence-electron chi connectivity index (χ4n) is 2.09. The second-order valence-corrected chi connectivity index (χ2v) is 4.64. The summed E-state index contributed by atoms with van der Waals surface area (Å²) in [4.78, 5) is 11.0. The quantitative estimate of drug-likeness (QED) is 0.862. The molecule has 0 atom stereocenters. The van der Waals surface area contributed by atoms with Crippen LogP contribution in [-0.4, -0.2) is 11.1 Å². The molecule has 0 amide bonds. The molecule has 1 N–H and O–H groups in total. The van der Waals surface area contributed by atoms with E-state index in [4.69, 9.17) is 5.11 Å². The molecule has 0 aromatic heterocycles. The van der Waals surface area contributed by atoms with Crippen LogP contribution in [0.15, 0.2) is 36.4 Å². The van der Waals surface area contributed by atoms with Crippen LogP contribution < -0.4 is 0 Å². The highest BCUT2D eigenvalue weighted by atomic mass is 16.4. The molecule has 0 aliphatic rings. The van der Waals surface area contributed by atoms with Gasteiger partial charge >= 0.3 is 5.97 Å². The van der Waals surface area contributed by atoms with Gasteiger partial charge in [-0.1, -0.05) is 24.3 Å². The molecule has 18 heavy (non-hydrogen) atoms. The molecular formula is C16H16O2. The molecule has 0 radical (unpaired) electrons. The summed E-state index contributed by atoms with van der Waals surface area (Å²) >= 11 is 0. The van der Waals surface area contributed by atoms with Crippen molar-refractivity contribution in [2.24, 2.45) is 0 Å². The van der Waals surface area contributed by atoms with Gasteiger partial charge in [0.2, 0.25) is 0 Å². The SMILES string of the molecule is Cc1cc(C)c(-c2cccc(C(=O)O)c2)cc1C. The van der Waals surface area contributed by atoms with E-state index < -0.39 is 5.97 Å². The molecular weight excluding hydrogens is 224 g/mol. The van der Waals surface area contributed by atoms with Crippen molar-refractivity contribution < 1.29 is 9.90 Å². The Bertz CT molecular complexity index is 612. The van der Waals surface area contributed by atoms with Crippen LogP contribution in [0.2, 0.25) is 0 Å². The van der Waals surface area contributed by atoms with Gasteiger partial charge in [-0.3, -0.25) is 0 Å². The number of benzene rings is 2. The van der Waals surface area contributed by atoms with Crippen LogP contribution in [-0.2, 0) is 0 Å². The minimum atomic E-state index is -0.890. The highest BCUT2D eigenvalue weighted by Gasteiger charge is 2.08. The standard InChI is InChI=1S/C16H16O2/c1-10-7-12(3)15(8-11(10)2)13-5-4-6-14(9-13)16(17)18/h4-9H,1-3H3,(H,17,18). The number of carboxylic acid groups (broad SMARTS) is 1. The van der Waals surface area contributed by atoms with Crippen molar-refractivity contribution in [2.75, 3.05) is 0 Å². The summed E-state index contributed by atoms with van der Waals surface area (Å²) < 4.78 is 0. The van der Waals surface area contributed by atoms with Gasteiger partial charge in [0, 0.05) is 0 Å². The Hall–Kier alpha value is -2.09. The van der Waals surface area contributed by atoms with Gasteiger partial charge in [-0.2, -0.15) is 0 Å². The Labute approximate surface area is 107 Å². The molecule has 0 bridgehead atoms. The monoisotopic (exact) mass is 240 g/mol. The first-order chi connectivity index (χ1) is 8.49. The van der Waals surface area contributed by atoms with E-state index in [1.807, 2.05) is 6.07 Å². The molecule has 0 saturated heterocycles. The Morgan fingerprint density at radius 1 is 0.944 bits per heavy atom. The lowest BCUT2D eigenvalue weighted by molar-refractivity contribution is 0.0697. The number of carbonyl (C=O) groups is 1. The highest BCUT2D eigenvalue weighted by Crippen LogP contribution is 2.27. The second kappa shape index (κ2) is 4.65. The fourth-order valence-corrected chi connectivity index (χ4v) is 2.09. The van der Waals surface area contributed by atoms with Gasteiger partial charge < -0.3 is 5.11 Å². The molecule has 92 valence electrons. The molecule has 2 aromatic carbocycles. The topological polar surface area (TPSA) is 37.3 Å². The van der Waals surface area contributed by atoms with Crippen LogP contribution in [0.4, 0.5) is 0 Å². The average Bonchev–Trinajstić information content (AvgIpc) is 2.34. The van der Waals surface area contributed by atoms with Gasteiger partial charge in [0.25, 0.3) is 0 Å². The van der Waals surface area contributed by atoms with E-state index in [0.29, 0.717) is 5.56 Å². The van der Waals surface area contributed by atoms with Crippen LogP contribution in [0.5, 0.6) is 0 Å². The van der Waals surface area contributed by atoms with E-state index >= 15 is 0 Å². The van der Waals surface area contributed by atoms with Gasteiger partial charge in [0.1, 0.15) is 0 Å². The molecule has 0 aliphatic heterocycles. The van der Waals surface area contributed by atoms with Gasteiger partial charge in [-0.25, -0.2) is 4.79 Å². The van der Waals surface area contributed by atoms with Crippen LogP contribution >= 0.6 is 0 Å². The van der Waals surface area contributed by atoms with Crippen molar-refractivity contribution in [1.29, 1.82) is 0 Å². The second-order valence-electron chi connectivity index (χ2n) is 4.64. The van der Waals surface area contributed by atoms with E-state index in [2.05, 4.69) is 32.9 Å². The minimum Gasteiger partial charge on any atom is -0.478 e. The lowest BCUT2D eigenvalue weighted by atomic mass is 9.94. The first-order valence-corrected chi connectivity index (χ1v) is 5.90. The number of aryl methyl sites for hydroxylation is 3. The smallest absolute Gasteiger partial charge is 0.335 e. The largest absolute Gasteiger partial charge is 0.478 e. The summed E-state index contributed by atoms with van der Waals surface area (Å²) in [6.07, 6.45) is 0. The normalized spacial score (nSPS) is 10.4. The Morgan fingerprint density at radius 3 is 2.28 bits per heavy atom. The van der Waals surface area contributed by atoms with Gasteiger partial charge in [-0.15, -0.1) is 0 Å². The summed E-state index contributed by atoms with van der Waals surface area (Å²) in [6.45, 7) is 6.20. The Kier molecular flexibility index (Phi) is 3.19. The average molecular weight is 240 g/mol.